The average Bonchev–Trinajstić information content (AvgIpc) is 3.13. The van der Waals surface area contributed by atoms with Crippen molar-refractivity contribution in [2.75, 3.05) is 0 Å². The van der Waals surface area contributed by atoms with Gasteiger partial charge in [-0.3, -0.25) is 0 Å². The second-order valence-corrected chi connectivity index (χ2v) is 7.79. The first-order chi connectivity index (χ1) is 9.63. The molecule has 0 N–H and O–H groups in total. The molecule has 116 valence electrons. The lowest BCUT2D eigenvalue weighted by Crippen LogP contribution is -2.23. The van der Waals surface area contributed by atoms with Gasteiger partial charge in [-0.15, -0.1) is 0 Å². The second kappa shape index (κ2) is 7.66. The summed E-state index contributed by atoms with van der Waals surface area (Å²) in [6.07, 6.45) is 16.5. The number of hydrogen-bond donors (Lipinski definition) is 0. The average molecular weight is 277 g/mol. The van der Waals surface area contributed by atoms with Crippen molar-refractivity contribution in [1.29, 1.82) is 0 Å². The van der Waals surface area contributed by atoms with Crippen LogP contribution in [0.3, 0.4) is 0 Å². The van der Waals surface area contributed by atoms with Crippen LogP contribution >= 0.6 is 0 Å². The highest BCUT2D eigenvalue weighted by atomic mass is 14.4. The molecule has 0 aliphatic heterocycles. The maximum absolute atomic E-state index is 2.56. The Labute approximate surface area is 127 Å². The molecule has 0 spiro atoms. The van der Waals surface area contributed by atoms with E-state index in [1.807, 2.05) is 0 Å². The Morgan fingerprint density at radius 1 is 0.850 bits per heavy atom. The standard InChI is InChI=1S/C20H36/c1-5-6-9-15(2)19-12-13-20(14-19)17(4)16(3)18-10-7-8-11-18/h6,9,15-20H,5,7-8,10-14H2,1-4H3/b9-6+. The summed E-state index contributed by atoms with van der Waals surface area (Å²) >= 11 is 0. The van der Waals surface area contributed by atoms with E-state index in [2.05, 4.69) is 39.8 Å². The summed E-state index contributed by atoms with van der Waals surface area (Å²) < 4.78 is 0. The number of rotatable bonds is 6. The molecule has 0 heterocycles. The third kappa shape index (κ3) is 3.89. The second-order valence-electron chi connectivity index (χ2n) is 7.79. The third-order valence-corrected chi connectivity index (χ3v) is 6.65. The first-order valence-corrected chi connectivity index (χ1v) is 9.30. The van der Waals surface area contributed by atoms with E-state index in [1.165, 1.54) is 51.4 Å². The molecule has 0 aromatic carbocycles. The van der Waals surface area contributed by atoms with Crippen LogP contribution in [-0.4, -0.2) is 0 Å². The molecular formula is C20H36. The molecule has 0 bridgehead atoms. The molecule has 2 aliphatic carbocycles. The summed E-state index contributed by atoms with van der Waals surface area (Å²) in [7, 11) is 0. The molecule has 0 aromatic rings. The zero-order valence-corrected chi connectivity index (χ0v) is 14.3. The molecule has 0 saturated heterocycles. The predicted molar refractivity (Wildman–Crippen MR) is 89.7 cm³/mol. The number of hydrogen-bond acceptors (Lipinski definition) is 0. The van der Waals surface area contributed by atoms with Gasteiger partial charge in [0.15, 0.2) is 0 Å². The van der Waals surface area contributed by atoms with Gasteiger partial charge >= 0.3 is 0 Å². The van der Waals surface area contributed by atoms with Crippen molar-refractivity contribution in [2.24, 2.45) is 35.5 Å². The Bertz CT molecular complexity index is 297. The zero-order chi connectivity index (χ0) is 14.5. The van der Waals surface area contributed by atoms with Gasteiger partial charge in [0.1, 0.15) is 0 Å². The fourth-order valence-corrected chi connectivity index (χ4v) is 4.86. The first kappa shape index (κ1) is 16.1. The first-order valence-electron chi connectivity index (χ1n) is 9.30. The van der Waals surface area contributed by atoms with Crippen molar-refractivity contribution in [3.05, 3.63) is 12.2 Å². The zero-order valence-electron chi connectivity index (χ0n) is 14.3. The lowest BCUT2D eigenvalue weighted by atomic mass is 9.75. The minimum atomic E-state index is 0.800. The fourth-order valence-electron chi connectivity index (χ4n) is 4.86. The van der Waals surface area contributed by atoms with Crippen molar-refractivity contribution < 1.29 is 0 Å². The van der Waals surface area contributed by atoms with E-state index in [1.54, 1.807) is 0 Å². The molecule has 0 aromatic heterocycles. The monoisotopic (exact) mass is 276 g/mol. The summed E-state index contributed by atoms with van der Waals surface area (Å²) in [5.74, 6) is 5.72. The van der Waals surface area contributed by atoms with Gasteiger partial charge < -0.3 is 0 Å². The van der Waals surface area contributed by atoms with Crippen molar-refractivity contribution >= 4 is 0 Å². The Morgan fingerprint density at radius 3 is 2.10 bits per heavy atom. The van der Waals surface area contributed by atoms with Crippen molar-refractivity contribution in [2.45, 2.75) is 79.1 Å². The van der Waals surface area contributed by atoms with Gasteiger partial charge in [-0.1, -0.05) is 65.5 Å². The van der Waals surface area contributed by atoms with Gasteiger partial charge in [0.05, 0.1) is 0 Å². The summed E-state index contributed by atoms with van der Waals surface area (Å²) in [5, 5.41) is 0. The highest BCUT2D eigenvalue weighted by molar-refractivity contribution is 4.93. The Hall–Kier alpha value is -0.260. The van der Waals surface area contributed by atoms with E-state index >= 15 is 0 Å². The van der Waals surface area contributed by atoms with Crippen LogP contribution in [0.25, 0.3) is 0 Å². The maximum atomic E-state index is 2.56. The maximum Gasteiger partial charge on any atom is -0.0233 e. The molecule has 0 nitrogen and oxygen atoms in total. The normalized spacial score (nSPS) is 32.8. The molecule has 5 unspecified atom stereocenters. The summed E-state index contributed by atoms with van der Waals surface area (Å²) in [6, 6.07) is 0. The molecule has 2 rings (SSSR count). The van der Waals surface area contributed by atoms with Gasteiger partial charge in [0, 0.05) is 0 Å². The van der Waals surface area contributed by atoms with Gasteiger partial charge in [0.25, 0.3) is 0 Å². The summed E-state index contributed by atoms with van der Waals surface area (Å²) in [4.78, 5) is 0. The van der Waals surface area contributed by atoms with E-state index in [4.69, 9.17) is 0 Å². The van der Waals surface area contributed by atoms with E-state index < -0.39 is 0 Å². The van der Waals surface area contributed by atoms with Crippen LogP contribution in [0.2, 0.25) is 0 Å². The van der Waals surface area contributed by atoms with Gasteiger partial charge in [-0.25, -0.2) is 0 Å². The Kier molecular flexibility index (Phi) is 6.18. The van der Waals surface area contributed by atoms with Crippen LogP contribution in [0.1, 0.15) is 79.1 Å². The molecule has 0 heteroatoms. The van der Waals surface area contributed by atoms with Crippen LogP contribution in [0, 0.1) is 35.5 Å². The third-order valence-electron chi connectivity index (χ3n) is 6.65. The lowest BCUT2D eigenvalue weighted by Gasteiger charge is -2.30. The predicted octanol–water partition coefficient (Wildman–Crippen LogP) is 6.47. The minimum absolute atomic E-state index is 0.800. The minimum Gasteiger partial charge on any atom is -0.0885 e. The molecular weight excluding hydrogens is 240 g/mol. The highest BCUT2D eigenvalue weighted by Gasteiger charge is 2.35. The van der Waals surface area contributed by atoms with Crippen molar-refractivity contribution in [3.63, 3.8) is 0 Å². The lowest BCUT2D eigenvalue weighted by molar-refractivity contribution is 0.190. The largest absolute Gasteiger partial charge is 0.0885 e. The van der Waals surface area contributed by atoms with Gasteiger partial charge in [-0.2, -0.15) is 0 Å². The van der Waals surface area contributed by atoms with Crippen molar-refractivity contribution in [3.8, 4) is 0 Å². The highest BCUT2D eigenvalue weighted by Crippen LogP contribution is 2.45. The van der Waals surface area contributed by atoms with Crippen LogP contribution in [0.4, 0.5) is 0 Å². The summed E-state index contributed by atoms with van der Waals surface area (Å²) in [5.41, 5.74) is 0. The molecule has 20 heavy (non-hydrogen) atoms. The summed E-state index contributed by atoms with van der Waals surface area (Å²) in [6.45, 7) is 9.78. The molecule has 2 fully saturated rings. The quantitative estimate of drug-likeness (QED) is 0.488. The van der Waals surface area contributed by atoms with Gasteiger partial charge in [-0.05, 0) is 61.2 Å². The van der Waals surface area contributed by atoms with Crippen LogP contribution in [-0.2, 0) is 0 Å². The smallest absolute Gasteiger partial charge is 0.0233 e. The van der Waals surface area contributed by atoms with E-state index in [9.17, 15) is 0 Å². The Balaban J connectivity index is 1.83. The van der Waals surface area contributed by atoms with Crippen molar-refractivity contribution in [1.82, 2.24) is 0 Å². The molecule has 5 atom stereocenters. The van der Waals surface area contributed by atoms with E-state index in [0.717, 1.165) is 35.5 Å². The molecule has 2 aliphatic rings. The van der Waals surface area contributed by atoms with E-state index in [0.29, 0.717) is 0 Å². The Morgan fingerprint density at radius 2 is 1.45 bits per heavy atom. The molecule has 2 saturated carbocycles. The van der Waals surface area contributed by atoms with Crippen LogP contribution in [0.5, 0.6) is 0 Å². The fraction of sp³-hybridized carbons (Fsp3) is 0.900. The van der Waals surface area contributed by atoms with Crippen LogP contribution < -0.4 is 0 Å². The molecule has 0 radical (unpaired) electrons. The SMILES string of the molecule is CC/C=C/C(C)C1CCC(C(C)C(C)C2CCCC2)C1. The van der Waals surface area contributed by atoms with Gasteiger partial charge in [0.2, 0.25) is 0 Å². The molecule has 0 amide bonds. The number of allylic oxidation sites excluding steroid dienone is 2. The van der Waals surface area contributed by atoms with Crippen LogP contribution in [0.15, 0.2) is 12.2 Å². The topological polar surface area (TPSA) is 0 Å². The van der Waals surface area contributed by atoms with E-state index in [-0.39, 0.29) is 0 Å².